The van der Waals surface area contributed by atoms with Gasteiger partial charge in [0, 0.05) is 0 Å². The number of rotatable bonds is 11. The van der Waals surface area contributed by atoms with Crippen LogP contribution < -0.4 is 0 Å². The van der Waals surface area contributed by atoms with Gasteiger partial charge in [-0.05, 0) is 5.92 Å². The molecule has 0 radical (unpaired) electrons. The molecule has 4 heterocycles. The molecule has 0 aromatic heterocycles. The molecule has 0 spiro atoms. The van der Waals surface area contributed by atoms with Gasteiger partial charge in [-0.15, -0.1) is 0 Å². The molecule has 2 unspecified atom stereocenters. The molecule has 18 atom stereocenters. The summed E-state index contributed by atoms with van der Waals surface area (Å²) < 4.78 is 38.6. The summed E-state index contributed by atoms with van der Waals surface area (Å²) in [7, 11) is 0. The zero-order chi connectivity index (χ0) is 41.1. The summed E-state index contributed by atoms with van der Waals surface area (Å²) >= 11 is 0.750. The average molecular weight is 823 g/mol. The van der Waals surface area contributed by atoms with Crippen molar-refractivity contribution < 1.29 is 144 Å². The molecule has 0 aromatic carbocycles. The van der Waals surface area contributed by atoms with Crippen LogP contribution >= 0.6 is 0 Å². The maximum absolute atomic E-state index is 10.9. The van der Waals surface area contributed by atoms with Gasteiger partial charge < -0.3 is 111 Å². The van der Waals surface area contributed by atoms with Crippen LogP contribution in [0.5, 0.6) is 0 Å². The van der Waals surface area contributed by atoms with Gasteiger partial charge in [0.15, 0.2) is 11.7 Å². The van der Waals surface area contributed by atoms with Gasteiger partial charge in [0.25, 0.3) is 0 Å². The van der Waals surface area contributed by atoms with Gasteiger partial charge in [-0.1, -0.05) is 13.8 Å². The molecular weight excluding hydrogens is 772 g/mol. The fourth-order valence-electron chi connectivity index (χ4n) is 6.17. The summed E-state index contributed by atoms with van der Waals surface area (Å²) in [6.45, 7) is -2.84. The van der Waals surface area contributed by atoms with E-state index in [0.29, 0.717) is 0 Å². The predicted octanol–water partition coefficient (Wildman–Crippen LogP) is -11.2. The van der Waals surface area contributed by atoms with E-state index in [1.165, 1.54) is 13.8 Å². The second kappa shape index (κ2) is 18.9. The van der Waals surface area contributed by atoms with Crippen LogP contribution in [0.15, 0.2) is 0 Å². The molecule has 4 fully saturated rings. The normalized spacial score (nSPS) is 49.9. The maximum atomic E-state index is 10.9. The molecule has 4 saturated heterocycles. The minimum atomic E-state index is -3.19. The Morgan fingerprint density at radius 3 is 1.23 bits per heavy atom. The molecule has 53 heavy (non-hydrogen) atoms. The van der Waals surface area contributed by atoms with Crippen LogP contribution in [0.25, 0.3) is 0 Å². The number of ether oxygens (including phenoxy) is 6. The first-order valence-corrected chi connectivity index (χ1v) is 16.5. The monoisotopic (exact) mass is 822 g/mol. The molecular formula is C27H50O25Ti. The molecule has 4 rings (SSSR count). The van der Waals surface area contributed by atoms with Crippen molar-refractivity contribution in [2.24, 2.45) is 5.92 Å². The SMILES string of the molecule is CC(C)[C@@]1(O)[C@@H](O)[C@H](O)[C@@H](CO)O[C@@]1(O)OC1(CO)O[C@H](CO)[C@@H](O)[C@@H]1O.OC[C@H]1OC(CO)(O[C@]2(O)O[C@H](CO)[C@@H](O)[C@H](O)[C@H]2O)[C@@H](O)[C@@H]1O.[O]=[Ti]. The Balaban J connectivity index is 0.000000353. The first kappa shape index (κ1) is 48.7. The van der Waals surface area contributed by atoms with Crippen molar-refractivity contribution >= 4 is 0 Å². The molecule has 4 aliphatic rings. The summed E-state index contributed by atoms with van der Waals surface area (Å²) in [5, 5.41) is 178. The van der Waals surface area contributed by atoms with Crippen LogP contribution in [-0.4, -0.2) is 240 Å². The van der Waals surface area contributed by atoms with Crippen molar-refractivity contribution in [3.8, 4) is 0 Å². The quantitative estimate of drug-likeness (QED) is 0.0679. The van der Waals surface area contributed by atoms with Gasteiger partial charge in [0.2, 0.25) is 11.6 Å². The molecule has 0 saturated carbocycles. The molecule has 4 aliphatic heterocycles. The minimum absolute atomic E-state index is 0.750. The summed E-state index contributed by atoms with van der Waals surface area (Å²) in [4.78, 5) is 0. The van der Waals surface area contributed by atoms with Crippen molar-refractivity contribution in [1.29, 1.82) is 0 Å². The zero-order valence-electron chi connectivity index (χ0n) is 28.2. The number of aliphatic hydroxyl groups excluding tert-OH is 15. The van der Waals surface area contributed by atoms with Crippen LogP contribution in [0.1, 0.15) is 13.8 Å². The topological polar surface area (TPSA) is 437 Å². The molecule has 25 nitrogen and oxygen atoms in total. The van der Waals surface area contributed by atoms with E-state index in [1.807, 2.05) is 0 Å². The van der Waals surface area contributed by atoms with E-state index in [4.69, 9.17) is 42.0 Å². The van der Waals surface area contributed by atoms with Crippen LogP contribution in [0.3, 0.4) is 0 Å². The van der Waals surface area contributed by atoms with E-state index in [1.54, 1.807) is 0 Å². The zero-order valence-corrected chi connectivity index (χ0v) is 29.8. The van der Waals surface area contributed by atoms with Crippen molar-refractivity contribution in [3.05, 3.63) is 0 Å². The van der Waals surface area contributed by atoms with Crippen molar-refractivity contribution in [2.45, 2.75) is 122 Å². The third-order valence-corrected chi connectivity index (χ3v) is 9.40. The fourth-order valence-corrected chi connectivity index (χ4v) is 6.17. The Labute approximate surface area is 311 Å². The van der Waals surface area contributed by atoms with Gasteiger partial charge >= 0.3 is 35.7 Å². The Morgan fingerprint density at radius 1 is 0.509 bits per heavy atom. The fraction of sp³-hybridized carbons (Fsp3) is 1.00. The van der Waals surface area contributed by atoms with Gasteiger partial charge in [-0.25, -0.2) is 0 Å². The molecule has 0 aromatic rings. The number of hydrogen-bond donors (Lipinski definition) is 18. The van der Waals surface area contributed by atoms with Crippen LogP contribution in [0.2, 0.25) is 0 Å². The van der Waals surface area contributed by atoms with Crippen molar-refractivity contribution in [3.63, 3.8) is 0 Å². The molecule has 18 N–H and O–H groups in total. The van der Waals surface area contributed by atoms with Gasteiger partial charge in [0.1, 0.15) is 86.5 Å². The molecule has 0 aliphatic carbocycles. The van der Waals surface area contributed by atoms with E-state index < -0.39 is 154 Å². The first-order chi connectivity index (χ1) is 24.6. The standard InChI is InChI=1S/C15H28O12.C12H22O12.O.Ti/c1-6(2)14(23)12(22)10(20)8(4-17)26-15(14,24)27-13(5-18)11(21)9(19)7(3-16)25-13;13-1-4-6(16)8(18)10(20)12(21,23-4)24-11(3-15)9(19)7(17)5(2-14)22-11;;/h6-12,16-24H,3-5H2,1-2H3;4-10,13-21H,1-3H2;;/t7-,8-,9-,10-,11+,12+,13?,14-,15-;4-,5-,6-,7-,8+,9+,10-,11?,12-;;/m11../s1. The van der Waals surface area contributed by atoms with Crippen molar-refractivity contribution in [2.75, 3.05) is 39.6 Å². The number of aliphatic hydroxyl groups is 18. The molecule has 26 heteroatoms. The van der Waals surface area contributed by atoms with E-state index >= 15 is 0 Å². The van der Waals surface area contributed by atoms with Crippen molar-refractivity contribution in [1.82, 2.24) is 0 Å². The first-order valence-electron chi connectivity index (χ1n) is 15.9. The third-order valence-electron chi connectivity index (χ3n) is 9.40. The molecule has 312 valence electrons. The Morgan fingerprint density at radius 2 is 0.868 bits per heavy atom. The summed E-state index contributed by atoms with van der Waals surface area (Å²) in [5.74, 6) is -12.4. The van der Waals surface area contributed by atoms with Crippen LogP contribution in [-0.2, 0) is 52.2 Å². The Bertz CT molecular complexity index is 1140. The summed E-state index contributed by atoms with van der Waals surface area (Å²) in [6, 6.07) is 0. The Hall–Kier alpha value is -0.446. The second-order valence-corrected chi connectivity index (χ2v) is 12.9. The van der Waals surface area contributed by atoms with Crippen LogP contribution in [0.4, 0.5) is 0 Å². The summed E-state index contributed by atoms with van der Waals surface area (Å²) in [5.41, 5.74) is -2.70. The Kier molecular flexibility index (Phi) is 17.3. The van der Waals surface area contributed by atoms with Gasteiger partial charge in [0.05, 0.1) is 26.4 Å². The van der Waals surface area contributed by atoms with E-state index in [0.717, 1.165) is 20.4 Å². The second-order valence-electron chi connectivity index (χ2n) is 12.9. The van der Waals surface area contributed by atoms with Gasteiger partial charge in [-0.3, -0.25) is 9.47 Å². The third kappa shape index (κ3) is 8.71. The van der Waals surface area contributed by atoms with Gasteiger partial charge in [-0.2, -0.15) is 0 Å². The van der Waals surface area contributed by atoms with E-state index in [9.17, 15) is 81.7 Å². The average Bonchev–Trinajstić information content (AvgIpc) is 3.53. The number of hydrogen-bond acceptors (Lipinski definition) is 25. The van der Waals surface area contributed by atoms with E-state index in [-0.39, 0.29) is 0 Å². The van der Waals surface area contributed by atoms with E-state index in [2.05, 4.69) is 0 Å². The predicted molar refractivity (Wildman–Crippen MR) is 154 cm³/mol. The summed E-state index contributed by atoms with van der Waals surface area (Å²) in [6.07, 6.45) is -23.2. The molecule has 0 bridgehead atoms. The molecule has 0 amide bonds. The van der Waals surface area contributed by atoms with Crippen LogP contribution in [0, 0.1) is 5.92 Å².